The Hall–Kier alpha value is -0.820. The molecule has 1 atom stereocenters. The Kier molecular flexibility index (Phi) is 3.20. The number of rotatable bonds is 5. The Bertz CT molecular complexity index is 264. The lowest BCUT2D eigenvalue weighted by Crippen LogP contribution is -2.22. The highest BCUT2D eigenvalue weighted by Gasteiger charge is 2.27. The predicted octanol–water partition coefficient (Wildman–Crippen LogP) is 2.75. The summed E-state index contributed by atoms with van der Waals surface area (Å²) in [5.41, 5.74) is 7.48. The van der Waals surface area contributed by atoms with Crippen molar-refractivity contribution in [2.24, 2.45) is 11.7 Å². The first-order valence-corrected chi connectivity index (χ1v) is 5.66. The van der Waals surface area contributed by atoms with Crippen LogP contribution in [0.25, 0.3) is 0 Å². The number of aryl methyl sites for hydroxylation is 1. The molecule has 14 heavy (non-hydrogen) atoms. The van der Waals surface area contributed by atoms with Crippen molar-refractivity contribution < 1.29 is 0 Å². The molecule has 0 heterocycles. The molecule has 0 spiro atoms. The molecule has 0 saturated heterocycles. The molecule has 0 aromatic heterocycles. The topological polar surface area (TPSA) is 26.0 Å². The quantitative estimate of drug-likeness (QED) is 0.757. The van der Waals surface area contributed by atoms with Crippen LogP contribution in [0, 0.1) is 5.92 Å². The van der Waals surface area contributed by atoms with Crippen LogP contribution in [0.4, 0.5) is 0 Å². The van der Waals surface area contributed by atoms with Crippen LogP contribution in [0.2, 0.25) is 0 Å². The molecule has 0 radical (unpaired) electrons. The van der Waals surface area contributed by atoms with Crippen molar-refractivity contribution in [2.75, 3.05) is 0 Å². The summed E-state index contributed by atoms with van der Waals surface area (Å²) >= 11 is 0. The van der Waals surface area contributed by atoms with E-state index in [-0.39, 0.29) is 0 Å². The standard InChI is InChI=1S/C13H19N/c14-13(12-9-10-12)8-4-7-11-5-2-1-3-6-11/h1-3,5-6,12-13H,4,7-10,14H2/t13-/m1/s1. The van der Waals surface area contributed by atoms with Gasteiger partial charge in [-0.1, -0.05) is 30.3 Å². The number of hydrogen-bond donors (Lipinski definition) is 1. The van der Waals surface area contributed by atoms with Crippen LogP contribution < -0.4 is 5.73 Å². The number of hydrogen-bond acceptors (Lipinski definition) is 1. The van der Waals surface area contributed by atoms with Gasteiger partial charge in [-0.3, -0.25) is 0 Å². The van der Waals surface area contributed by atoms with Crippen LogP contribution in [0.15, 0.2) is 30.3 Å². The monoisotopic (exact) mass is 189 g/mol. The van der Waals surface area contributed by atoms with E-state index in [1.165, 1.54) is 37.7 Å². The van der Waals surface area contributed by atoms with Gasteiger partial charge in [-0.25, -0.2) is 0 Å². The molecule has 0 bridgehead atoms. The summed E-state index contributed by atoms with van der Waals surface area (Å²) in [6.45, 7) is 0. The zero-order valence-corrected chi connectivity index (χ0v) is 8.65. The lowest BCUT2D eigenvalue weighted by molar-refractivity contribution is 0.528. The average Bonchev–Trinajstić information content (AvgIpc) is 3.02. The summed E-state index contributed by atoms with van der Waals surface area (Å²) < 4.78 is 0. The fraction of sp³-hybridized carbons (Fsp3) is 0.538. The van der Waals surface area contributed by atoms with Gasteiger partial charge in [-0.2, -0.15) is 0 Å². The Labute approximate surface area is 86.3 Å². The molecular weight excluding hydrogens is 170 g/mol. The lowest BCUT2D eigenvalue weighted by Gasteiger charge is -2.09. The highest BCUT2D eigenvalue weighted by atomic mass is 14.7. The maximum Gasteiger partial charge on any atom is 0.00672 e. The van der Waals surface area contributed by atoms with Crippen molar-refractivity contribution >= 4 is 0 Å². The minimum absolute atomic E-state index is 0.471. The molecule has 1 aliphatic rings. The summed E-state index contributed by atoms with van der Waals surface area (Å²) in [5, 5.41) is 0. The fourth-order valence-electron chi connectivity index (χ4n) is 1.95. The molecule has 1 heteroatoms. The molecule has 2 rings (SSSR count). The van der Waals surface area contributed by atoms with Crippen LogP contribution >= 0.6 is 0 Å². The molecule has 2 N–H and O–H groups in total. The van der Waals surface area contributed by atoms with E-state index in [1.54, 1.807) is 0 Å². The Balaban J connectivity index is 1.67. The molecule has 1 saturated carbocycles. The van der Waals surface area contributed by atoms with Crippen LogP contribution in [0.1, 0.15) is 31.2 Å². The van der Waals surface area contributed by atoms with Gasteiger partial charge in [0.15, 0.2) is 0 Å². The highest BCUT2D eigenvalue weighted by molar-refractivity contribution is 5.14. The van der Waals surface area contributed by atoms with Gasteiger partial charge in [0.1, 0.15) is 0 Å². The smallest absolute Gasteiger partial charge is 0.00672 e. The molecule has 1 aromatic carbocycles. The summed E-state index contributed by atoms with van der Waals surface area (Å²) in [6, 6.07) is 11.1. The average molecular weight is 189 g/mol. The first kappa shape index (κ1) is 9.72. The number of benzene rings is 1. The van der Waals surface area contributed by atoms with E-state index >= 15 is 0 Å². The first-order chi connectivity index (χ1) is 6.86. The molecule has 0 aliphatic heterocycles. The fourth-order valence-corrected chi connectivity index (χ4v) is 1.95. The highest BCUT2D eigenvalue weighted by Crippen LogP contribution is 2.33. The van der Waals surface area contributed by atoms with Gasteiger partial charge in [0.2, 0.25) is 0 Å². The van der Waals surface area contributed by atoms with E-state index in [1.807, 2.05) is 0 Å². The van der Waals surface area contributed by atoms with Crippen molar-refractivity contribution in [2.45, 2.75) is 38.1 Å². The van der Waals surface area contributed by atoms with Gasteiger partial charge in [-0.15, -0.1) is 0 Å². The predicted molar refractivity (Wildman–Crippen MR) is 60.1 cm³/mol. The number of nitrogens with two attached hydrogens (primary N) is 1. The second kappa shape index (κ2) is 4.61. The Morgan fingerprint density at radius 3 is 2.57 bits per heavy atom. The summed E-state index contributed by atoms with van der Waals surface area (Å²) in [7, 11) is 0. The molecule has 0 amide bonds. The Morgan fingerprint density at radius 2 is 1.93 bits per heavy atom. The largest absolute Gasteiger partial charge is 0.327 e. The minimum atomic E-state index is 0.471. The van der Waals surface area contributed by atoms with Crippen molar-refractivity contribution in [3.8, 4) is 0 Å². The Morgan fingerprint density at radius 1 is 1.21 bits per heavy atom. The van der Waals surface area contributed by atoms with E-state index < -0.39 is 0 Å². The van der Waals surface area contributed by atoms with Gasteiger partial charge < -0.3 is 5.73 Å². The van der Waals surface area contributed by atoms with Gasteiger partial charge in [0.25, 0.3) is 0 Å². The van der Waals surface area contributed by atoms with Crippen LogP contribution in [0.3, 0.4) is 0 Å². The van der Waals surface area contributed by atoms with Crippen LogP contribution in [0.5, 0.6) is 0 Å². The summed E-state index contributed by atoms with van der Waals surface area (Å²) in [5.74, 6) is 0.853. The summed E-state index contributed by atoms with van der Waals surface area (Å²) in [6.07, 6.45) is 6.35. The summed E-state index contributed by atoms with van der Waals surface area (Å²) in [4.78, 5) is 0. The molecular formula is C13H19N. The van der Waals surface area contributed by atoms with Crippen molar-refractivity contribution in [1.29, 1.82) is 0 Å². The van der Waals surface area contributed by atoms with E-state index in [2.05, 4.69) is 30.3 Å². The third-order valence-electron chi connectivity index (χ3n) is 3.07. The third-order valence-corrected chi connectivity index (χ3v) is 3.07. The lowest BCUT2D eigenvalue weighted by atomic mass is 10.0. The van der Waals surface area contributed by atoms with E-state index in [0.29, 0.717) is 6.04 Å². The van der Waals surface area contributed by atoms with Crippen LogP contribution in [-0.2, 0) is 6.42 Å². The van der Waals surface area contributed by atoms with Gasteiger partial charge >= 0.3 is 0 Å². The SMILES string of the molecule is N[C@H](CCCc1ccccc1)C1CC1. The maximum atomic E-state index is 6.04. The molecule has 1 fully saturated rings. The second-order valence-electron chi connectivity index (χ2n) is 4.38. The van der Waals surface area contributed by atoms with Crippen molar-refractivity contribution in [1.82, 2.24) is 0 Å². The third kappa shape index (κ3) is 2.85. The maximum absolute atomic E-state index is 6.04. The van der Waals surface area contributed by atoms with Crippen molar-refractivity contribution in [3.63, 3.8) is 0 Å². The molecule has 1 aliphatic carbocycles. The second-order valence-corrected chi connectivity index (χ2v) is 4.38. The van der Waals surface area contributed by atoms with Gasteiger partial charge in [0, 0.05) is 6.04 Å². The van der Waals surface area contributed by atoms with Gasteiger partial charge in [-0.05, 0) is 43.6 Å². The normalized spacial score (nSPS) is 18.1. The molecule has 76 valence electrons. The first-order valence-electron chi connectivity index (χ1n) is 5.66. The van der Waals surface area contributed by atoms with Crippen LogP contribution in [-0.4, -0.2) is 6.04 Å². The zero-order valence-electron chi connectivity index (χ0n) is 8.65. The van der Waals surface area contributed by atoms with E-state index in [4.69, 9.17) is 5.73 Å². The molecule has 1 aromatic rings. The minimum Gasteiger partial charge on any atom is -0.327 e. The zero-order chi connectivity index (χ0) is 9.80. The van der Waals surface area contributed by atoms with E-state index in [9.17, 15) is 0 Å². The molecule has 0 unspecified atom stereocenters. The van der Waals surface area contributed by atoms with Crippen molar-refractivity contribution in [3.05, 3.63) is 35.9 Å². The van der Waals surface area contributed by atoms with E-state index in [0.717, 1.165) is 5.92 Å². The molecule has 1 nitrogen and oxygen atoms in total. The van der Waals surface area contributed by atoms with Gasteiger partial charge in [0.05, 0.1) is 0 Å².